The Balaban J connectivity index is 1.50. The summed E-state index contributed by atoms with van der Waals surface area (Å²) in [6.45, 7) is 0.689. The molecule has 1 saturated heterocycles. The van der Waals surface area contributed by atoms with E-state index in [1.54, 1.807) is 0 Å². The topological polar surface area (TPSA) is 140 Å². The number of nitrogens with one attached hydrogen (secondary N) is 3. The van der Waals surface area contributed by atoms with Gasteiger partial charge in [0.05, 0.1) is 24.8 Å². The van der Waals surface area contributed by atoms with Crippen LogP contribution in [0, 0.1) is 0 Å². The molecular formula is C20H31N3O6. The highest BCUT2D eigenvalue weighted by Gasteiger charge is 2.37. The predicted molar refractivity (Wildman–Crippen MR) is 106 cm³/mol. The number of unbranched alkanes of at least 4 members (excludes halogenated alkanes) is 2. The van der Waals surface area contributed by atoms with E-state index in [-0.39, 0.29) is 25.7 Å². The Kier molecular flexibility index (Phi) is 9.85. The first-order valence-corrected chi connectivity index (χ1v) is 9.95. The van der Waals surface area contributed by atoms with Crippen LogP contribution in [-0.4, -0.2) is 71.3 Å². The number of benzene rings is 1. The van der Waals surface area contributed by atoms with Crippen LogP contribution in [-0.2, 0) is 16.1 Å². The molecular weight excluding hydrogens is 378 g/mol. The highest BCUT2D eigenvalue weighted by Crippen LogP contribution is 2.11. The number of piperidine rings is 1. The zero-order valence-electron chi connectivity index (χ0n) is 16.4. The van der Waals surface area contributed by atoms with Gasteiger partial charge in [0.2, 0.25) is 5.91 Å². The number of carbonyl (C=O) groups is 2. The van der Waals surface area contributed by atoms with E-state index < -0.39 is 30.4 Å². The van der Waals surface area contributed by atoms with Gasteiger partial charge < -0.3 is 36.0 Å². The fourth-order valence-electron chi connectivity index (χ4n) is 3.14. The quantitative estimate of drug-likeness (QED) is 0.290. The van der Waals surface area contributed by atoms with E-state index >= 15 is 0 Å². The minimum absolute atomic E-state index is 0.208. The van der Waals surface area contributed by atoms with Crippen molar-refractivity contribution in [2.75, 3.05) is 19.7 Å². The van der Waals surface area contributed by atoms with Gasteiger partial charge in [0.1, 0.15) is 12.7 Å². The van der Waals surface area contributed by atoms with E-state index in [1.807, 2.05) is 30.3 Å². The number of carbonyl (C=O) groups excluding carboxylic acids is 2. The second-order valence-corrected chi connectivity index (χ2v) is 7.15. The van der Waals surface area contributed by atoms with E-state index in [1.165, 1.54) is 0 Å². The van der Waals surface area contributed by atoms with E-state index in [0.717, 1.165) is 18.4 Å². The molecule has 1 heterocycles. The molecule has 6 N–H and O–H groups in total. The van der Waals surface area contributed by atoms with Crippen LogP contribution in [0.2, 0.25) is 0 Å². The molecule has 4 atom stereocenters. The number of aliphatic hydroxyl groups is 3. The average molecular weight is 409 g/mol. The SMILES string of the molecule is O=C(CCCCCNC(=O)OCc1ccccc1)N[C@@H]1CN[C@H](CO)[C@H](O)[C@H]1O. The Labute approximate surface area is 170 Å². The zero-order valence-corrected chi connectivity index (χ0v) is 16.4. The van der Waals surface area contributed by atoms with Crippen molar-refractivity contribution >= 4 is 12.0 Å². The summed E-state index contributed by atoms with van der Waals surface area (Å²) in [4.78, 5) is 23.6. The van der Waals surface area contributed by atoms with Crippen LogP contribution < -0.4 is 16.0 Å². The summed E-state index contributed by atoms with van der Waals surface area (Å²) in [6, 6.07) is 8.23. The molecule has 1 aliphatic heterocycles. The monoisotopic (exact) mass is 409 g/mol. The molecule has 0 radical (unpaired) electrons. The van der Waals surface area contributed by atoms with Crippen LogP contribution in [0.25, 0.3) is 0 Å². The summed E-state index contributed by atoms with van der Waals surface area (Å²) in [6.07, 6.45) is -0.308. The van der Waals surface area contributed by atoms with Gasteiger partial charge in [0.15, 0.2) is 0 Å². The van der Waals surface area contributed by atoms with E-state index in [9.17, 15) is 19.8 Å². The van der Waals surface area contributed by atoms with Gasteiger partial charge in [-0.1, -0.05) is 36.8 Å². The maximum Gasteiger partial charge on any atom is 0.407 e. The van der Waals surface area contributed by atoms with Crippen LogP contribution in [0.15, 0.2) is 30.3 Å². The lowest BCUT2D eigenvalue weighted by Gasteiger charge is -2.38. The van der Waals surface area contributed by atoms with E-state index in [2.05, 4.69) is 16.0 Å². The van der Waals surface area contributed by atoms with E-state index in [4.69, 9.17) is 9.84 Å². The second kappa shape index (κ2) is 12.4. The molecule has 29 heavy (non-hydrogen) atoms. The number of hydrogen-bond acceptors (Lipinski definition) is 7. The lowest BCUT2D eigenvalue weighted by atomic mass is 9.94. The van der Waals surface area contributed by atoms with E-state index in [0.29, 0.717) is 19.4 Å². The molecule has 0 unspecified atom stereocenters. The van der Waals surface area contributed by atoms with Gasteiger partial charge in [-0.3, -0.25) is 4.79 Å². The molecule has 9 heteroatoms. The molecule has 0 aromatic heterocycles. The van der Waals surface area contributed by atoms with Crippen molar-refractivity contribution < 1.29 is 29.6 Å². The number of alkyl carbamates (subject to hydrolysis) is 1. The number of amides is 2. The molecule has 1 aromatic rings. The molecule has 9 nitrogen and oxygen atoms in total. The Morgan fingerprint density at radius 2 is 1.86 bits per heavy atom. The lowest BCUT2D eigenvalue weighted by molar-refractivity contribution is -0.125. The van der Waals surface area contributed by atoms with Crippen LogP contribution >= 0.6 is 0 Å². The first-order valence-electron chi connectivity index (χ1n) is 9.95. The van der Waals surface area contributed by atoms with Gasteiger partial charge in [-0.15, -0.1) is 0 Å². The standard InChI is InChI=1S/C20H31N3O6/c24-12-16-19(27)18(26)15(11-22-16)23-17(25)9-5-2-6-10-21-20(28)29-13-14-7-3-1-4-8-14/h1,3-4,7-8,15-16,18-19,22,24,26-27H,2,5-6,9-13H2,(H,21,28)(H,23,25)/t15-,16-,18+,19+/m1/s1. The number of ether oxygens (including phenoxy) is 1. The summed E-state index contributed by atoms with van der Waals surface area (Å²) in [5, 5.41) is 37.3. The number of aliphatic hydroxyl groups excluding tert-OH is 3. The van der Waals surface area contributed by atoms with Crippen molar-refractivity contribution in [3.63, 3.8) is 0 Å². The predicted octanol–water partition coefficient (Wildman–Crippen LogP) is -0.356. The Bertz CT molecular complexity index is 630. The zero-order chi connectivity index (χ0) is 21.1. The van der Waals surface area contributed by atoms with Crippen LogP contribution in [0.4, 0.5) is 4.79 Å². The molecule has 0 saturated carbocycles. The van der Waals surface area contributed by atoms with Crippen molar-refractivity contribution in [3.05, 3.63) is 35.9 Å². The normalized spacial score (nSPS) is 24.0. The third-order valence-electron chi connectivity index (χ3n) is 4.88. The van der Waals surface area contributed by atoms with Gasteiger partial charge in [0.25, 0.3) is 0 Å². The van der Waals surface area contributed by atoms with Gasteiger partial charge in [-0.2, -0.15) is 0 Å². The largest absolute Gasteiger partial charge is 0.445 e. The molecule has 0 spiro atoms. The number of rotatable bonds is 10. The second-order valence-electron chi connectivity index (χ2n) is 7.15. The maximum atomic E-state index is 12.0. The molecule has 162 valence electrons. The minimum atomic E-state index is -1.13. The molecule has 1 aliphatic rings. The van der Waals surface area contributed by atoms with Crippen molar-refractivity contribution in [2.45, 2.75) is 56.6 Å². The van der Waals surface area contributed by atoms with Gasteiger partial charge in [-0.05, 0) is 18.4 Å². The first kappa shape index (κ1) is 23.1. The third kappa shape index (κ3) is 7.98. The van der Waals surface area contributed by atoms with Crippen LogP contribution in [0.1, 0.15) is 31.2 Å². The van der Waals surface area contributed by atoms with Crippen molar-refractivity contribution in [3.8, 4) is 0 Å². The Hall–Kier alpha value is -2.20. The van der Waals surface area contributed by atoms with Gasteiger partial charge >= 0.3 is 6.09 Å². The van der Waals surface area contributed by atoms with Crippen molar-refractivity contribution in [1.82, 2.24) is 16.0 Å². The molecule has 2 rings (SSSR count). The molecule has 0 aliphatic carbocycles. The van der Waals surface area contributed by atoms with Gasteiger partial charge in [-0.25, -0.2) is 4.79 Å². The Morgan fingerprint density at radius 1 is 1.10 bits per heavy atom. The summed E-state index contributed by atoms with van der Waals surface area (Å²) in [5.74, 6) is -0.208. The fourth-order valence-corrected chi connectivity index (χ4v) is 3.14. The van der Waals surface area contributed by atoms with Crippen LogP contribution in [0.5, 0.6) is 0 Å². The number of hydrogen-bond donors (Lipinski definition) is 6. The van der Waals surface area contributed by atoms with Crippen LogP contribution in [0.3, 0.4) is 0 Å². The smallest absolute Gasteiger partial charge is 0.407 e. The average Bonchev–Trinajstić information content (AvgIpc) is 2.73. The van der Waals surface area contributed by atoms with Crippen molar-refractivity contribution in [2.24, 2.45) is 0 Å². The minimum Gasteiger partial charge on any atom is -0.445 e. The summed E-state index contributed by atoms with van der Waals surface area (Å²) in [7, 11) is 0. The maximum absolute atomic E-state index is 12.0. The highest BCUT2D eigenvalue weighted by atomic mass is 16.5. The summed E-state index contributed by atoms with van der Waals surface area (Å²) < 4.78 is 5.11. The van der Waals surface area contributed by atoms with Gasteiger partial charge in [0, 0.05) is 19.5 Å². The highest BCUT2D eigenvalue weighted by molar-refractivity contribution is 5.76. The summed E-state index contributed by atoms with van der Waals surface area (Å²) in [5.41, 5.74) is 0.923. The lowest BCUT2D eigenvalue weighted by Crippen LogP contribution is -2.65. The molecule has 0 bridgehead atoms. The molecule has 2 amide bonds. The summed E-state index contributed by atoms with van der Waals surface area (Å²) >= 11 is 0. The third-order valence-corrected chi connectivity index (χ3v) is 4.88. The first-order chi connectivity index (χ1) is 14.0. The Morgan fingerprint density at radius 3 is 2.59 bits per heavy atom. The fraction of sp³-hybridized carbons (Fsp3) is 0.600. The molecule has 1 fully saturated rings. The molecule has 1 aromatic carbocycles. The van der Waals surface area contributed by atoms with Crippen molar-refractivity contribution in [1.29, 1.82) is 0 Å².